The third kappa shape index (κ3) is 4.10. The van der Waals surface area contributed by atoms with Crippen LogP contribution in [0.25, 0.3) is 0 Å². The second kappa shape index (κ2) is 6.97. The predicted octanol–water partition coefficient (Wildman–Crippen LogP) is 4.59. The van der Waals surface area contributed by atoms with Gasteiger partial charge in [-0.25, -0.2) is 4.39 Å². The van der Waals surface area contributed by atoms with Crippen molar-refractivity contribution in [2.75, 3.05) is 12.4 Å². The molecule has 0 radical (unpaired) electrons. The molecule has 0 bridgehead atoms. The molecule has 0 unspecified atom stereocenters. The SMILES string of the molecule is O=C(c1ccc(SCCOc2ccc(F)cc2)cc1)C1CC1. The van der Waals surface area contributed by atoms with Crippen LogP contribution in [0.1, 0.15) is 23.2 Å². The average Bonchev–Trinajstić information content (AvgIpc) is 3.38. The van der Waals surface area contributed by atoms with Crippen LogP contribution in [0.4, 0.5) is 4.39 Å². The quantitative estimate of drug-likeness (QED) is 0.424. The minimum absolute atomic E-state index is 0.262. The van der Waals surface area contributed by atoms with Crippen molar-refractivity contribution in [2.45, 2.75) is 17.7 Å². The Kier molecular flexibility index (Phi) is 4.78. The molecule has 0 saturated heterocycles. The Balaban J connectivity index is 1.43. The zero-order valence-corrected chi connectivity index (χ0v) is 12.9. The highest BCUT2D eigenvalue weighted by Gasteiger charge is 2.30. The highest BCUT2D eigenvalue weighted by Crippen LogP contribution is 2.33. The molecule has 2 nitrogen and oxygen atoms in total. The third-order valence-corrected chi connectivity index (χ3v) is 4.50. The minimum atomic E-state index is -0.262. The summed E-state index contributed by atoms with van der Waals surface area (Å²) in [5.41, 5.74) is 0.814. The van der Waals surface area contributed by atoms with Crippen LogP contribution in [0.5, 0.6) is 5.75 Å². The Morgan fingerprint density at radius 1 is 1.09 bits per heavy atom. The van der Waals surface area contributed by atoms with Crippen LogP contribution in [-0.2, 0) is 0 Å². The van der Waals surface area contributed by atoms with Crippen LogP contribution in [0.15, 0.2) is 53.4 Å². The number of hydrogen-bond donors (Lipinski definition) is 0. The van der Waals surface area contributed by atoms with Gasteiger partial charge in [0.25, 0.3) is 0 Å². The molecular weight excluding hydrogens is 299 g/mol. The molecule has 1 fully saturated rings. The standard InChI is InChI=1S/C18H17FO2S/c19-15-5-7-16(8-6-15)21-11-12-22-17-9-3-14(4-10-17)18(20)13-1-2-13/h3-10,13H,1-2,11-12H2. The van der Waals surface area contributed by atoms with Gasteiger partial charge in [-0.3, -0.25) is 4.79 Å². The van der Waals surface area contributed by atoms with Gasteiger partial charge in [-0.2, -0.15) is 0 Å². The Hall–Kier alpha value is -1.81. The smallest absolute Gasteiger partial charge is 0.165 e. The second-order valence-electron chi connectivity index (χ2n) is 5.31. The molecule has 0 spiro atoms. The van der Waals surface area contributed by atoms with Gasteiger partial charge in [0, 0.05) is 22.1 Å². The second-order valence-corrected chi connectivity index (χ2v) is 6.48. The number of rotatable bonds is 7. The van der Waals surface area contributed by atoms with Gasteiger partial charge >= 0.3 is 0 Å². The van der Waals surface area contributed by atoms with Crippen molar-refractivity contribution in [3.8, 4) is 5.75 Å². The van der Waals surface area contributed by atoms with E-state index in [1.165, 1.54) is 12.1 Å². The Morgan fingerprint density at radius 3 is 2.41 bits per heavy atom. The summed E-state index contributed by atoms with van der Waals surface area (Å²) in [6, 6.07) is 13.8. The van der Waals surface area contributed by atoms with E-state index in [0.29, 0.717) is 12.4 Å². The van der Waals surface area contributed by atoms with Gasteiger partial charge in [-0.05, 0) is 49.2 Å². The van der Waals surface area contributed by atoms with Crippen LogP contribution in [-0.4, -0.2) is 18.1 Å². The van der Waals surface area contributed by atoms with E-state index in [4.69, 9.17) is 4.74 Å². The fourth-order valence-corrected chi connectivity index (χ4v) is 2.88. The van der Waals surface area contributed by atoms with Crippen molar-refractivity contribution in [1.29, 1.82) is 0 Å². The van der Waals surface area contributed by atoms with Crippen LogP contribution in [0.2, 0.25) is 0 Å². The number of ketones is 1. The van der Waals surface area contributed by atoms with Crippen LogP contribution >= 0.6 is 11.8 Å². The van der Waals surface area contributed by atoms with Gasteiger partial charge in [-0.1, -0.05) is 12.1 Å². The molecule has 4 heteroatoms. The topological polar surface area (TPSA) is 26.3 Å². The number of thioether (sulfide) groups is 1. The Labute approximate surface area is 133 Å². The summed E-state index contributed by atoms with van der Waals surface area (Å²) in [6.45, 7) is 0.555. The van der Waals surface area contributed by atoms with Gasteiger partial charge in [-0.15, -0.1) is 11.8 Å². The third-order valence-electron chi connectivity index (χ3n) is 3.52. The maximum Gasteiger partial charge on any atom is 0.165 e. The molecule has 0 N–H and O–H groups in total. The maximum atomic E-state index is 12.8. The number of ether oxygens (including phenoxy) is 1. The van der Waals surface area contributed by atoms with Gasteiger partial charge in [0.2, 0.25) is 0 Å². The molecule has 2 aromatic rings. The highest BCUT2D eigenvalue weighted by atomic mass is 32.2. The molecule has 1 saturated carbocycles. The summed E-state index contributed by atoms with van der Waals surface area (Å²) >= 11 is 1.68. The first kappa shape index (κ1) is 15.1. The van der Waals surface area contributed by atoms with Crippen molar-refractivity contribution in [1.82, 2.24) is 0 Å². The van der Waals surface area contributed by atoms with Crippen LogP contribution in [0, 0.1) is 11.7 Å². The van der Waals surface area contributed by atoms with E-state index in [0.717, 1.165) is 29.1 Å². The molecule has 0 amide bonds. The number of halogens is 1. The number of Topliss-reactive ketones (excluding diaryl/α,β-unsaturated/α-hetero) is 1. The number of carbonyl (C=O) groups excluding carboxylic acids is 1. The maximum absolute atomic E-state index is 12.8. The van der Waals surface area contributed by atoms with Crippen molar-refractivity contribution in [2.24, 2.45) is 5.92 Å². The lowest BCUT2D eigenvalue weighted by molar-refractivity contribution is 0.0967. The van der Waals surface area contributed by atoms with E-state index >= 15 is 0 Å². The fraction of sp³-hybridized carbons (Fsp3) is 0.278. The number of benzene rings is 2. The zero-order valence-electron chi connectivity index (χ0n) is 12.1. The van der Waals surface area contributed by atoms with E-state index in [-0.39, 0.29) is 17.5 Å². The first-order valence-electron chi connectivity index (χ1n) is 7.38. The summed E-state index contributed by atoms with van der Waals surface area (Å²) in [5.74, 6) is 1.75. The largest absolute Gasteiger partial charge is 0.493 e. The van der Waals surface area contributed by atoms with Crippen molar-refractivity contribution in [3.63, 3.8) is 0 Å². The molecule has 0 aliphatic heterocycles. The summed E-state index contributed by atoms with van der Waals surface area (Å²) in [7, 11) is 0. The Bertz CT molecular complexity index is 633. The van der Waals surface area contributed by atoms with Crippen molar-refractivity contribution >= 4 is 17.5 Å². The van der Waals surface area contributed by atoms with Crippen molar-refractivity contribution in [3.05, 3.63) is 59.9 Å². The molecular formula is C18H17FO2S. The molecule has 0 atom stereocenters. The van der Waals surface area contributed by atoms with E-state index in [1.54, 1.807) is 23.9 Å². The Morgan fingerprint density at radius 2 is 1.77 bits per heavy atom. The molecule has 0 aromatic heterocycles. The van der Waals surface area contributed by atoms with Crippen molar-refractivity contribution < 1.29 is 13.9 Å². The molecule has 2 aromatic carbocycles. The highest BCUT2D eigenvalue weighted by molar-refractivity contribution is 7.99. The molecule has 22 heavy (non-hydrogen) atoms. The molecule has 1 aliphatic rings. The zero-order chi connectivity index (χ0) is 15.4. The molecule has 3 rings (SSSR count). The van der Waals surface area contributed by atoms with Gasteiger partial charge in [0.15, 0.2) is 5.78 Å². The van der Waals surface area contributed by atoms with E-state index in [1.807, 2.05) is 24.3 Å². The first-order valence-corrected chi connectivity index (χ1v) is 8.36. The molecule has 114 valence electrons. The number of hydrogen-bond acceptors (Lipinski definition) is 3. The van der Waals surface area contributed by atoms with E-state index in [2.05, 4.69) is 0 Å². The molecule has 1 aliphatic carbocycles. The number of carbonyl (C=O) groups is 1. The normalized spacial score (nSPS) is 13.9. The summed E-state index contributed by atoms with van der Waals surface area (Å²) in [4.78, 5) is 13.0. The summed E-state index contributed by atoms with van der Waals surface area (Å²) in [5, 5.41) is 0. The lowest BCUT2D eigenvalue weighted by Gasteiger charge is -2.06. The fourth-order valence-electron chi connectivity index (χ4n) is 2.15. The van der Waals surface area contributed by atoms with E-state index < -0.39 is 0 Å². The monoisotopic (exact) mass is 316 g/mol. The first-order chi connectivity index (χ1) is 10.7. The summed E-state index contributed by atoms with van der Waals surface area (Å²) < 4.78 is 18.3. The van der Waals surface area contributed by atoms with Gasteiger partial charge in [0.1, 0.15) is 11.6 Å². The van der Waals surface area contributed by atoms with Crippen LogP contribution in [0.3, 0.4) is 0 Å². The van der Waals surface area contributed by atoms with Gasteiger partial charge in [0.05, 0.1) is 6.61 Å². The average molecular weight is 316 g/mol. The van der Waals surface area contributed by atoms with E-state index in [9.17, 15) is 9.18 Å². The minimum Gasteiger partial charge on any atom is -0.493 e. The van der Waals surface area contributed by atoms with Crippen LogP contribution < -0.4 is 4.74 Å². The predicted molar refractivity (Wildman–Crippen MR) is 86.1 cm³/mol. The van der Waals surface area contributed by atoms with Gasteiger partial charge < -0.3 is 4.74 Å². The lowest BCUT2D eigenvalue weighted by Crippen LogP contribution is -2.01. The summed E-state index contributed by atoms with van der Waals surface area (Å²) in [6.07, 6.45) is 2.08. The lowest BCUT2D eigenvalue weighted by atomic mass is 10.1. The molecule has 0 heterocycles.